The summed E-state index contributed by atoms with van der Waals surface area (Å²) in [6.07, 6.45) is 2.53. The quantitative estimate of drug-likeness (QED) is 0.800. The summed E-state index contributed by atoms with van der Waals surface area (Å²) in [5, 5.41) is 0. The molecule has 94 valence electrons. The zero-order chi connectivity index (χ0) is 12.5. The van der Waals surface area contributed by atoms with E-state index in [-0.39, 0.29) is 0 Å². The molecular weight excluding hydrogens is 212 g/mol. The van der Waals surface area contributed by atoms with E-state index in [1.807, 2.05) is 12.1 Å². The van der Waals surface area contributed by atoms with E-state index in [1.54, 1.807) is 7.11 Å². The summed E-state index contributed by atoms with van der Waals surface area (Å²) in [7, 11) is 1.67. The molecule has 0 amide bonds. The minimum absolute atomic E-state index is 0.380. The molecular formula is C14H22N2O. The van der Waals surface area contributed by atoms with Gasteiger partial charge in [0.1, 0.15) is 5.75 Å². The molecule has 0 atom stereocenters. The van der Waals surface area contributed by atoms with Crippen LogP contribution in [0, 0.1) is 5.41 Å². The van der Waals surface area contributed by atoms with Gasteiger partial charge in [0.25, 0.3) is 0 Å². The Bertz CT molecular complexity index is 401. The maximum atomic E-state index is 6.09. The van der Waals surface area contributed by atoms with Crippen molar-refractivity contribution in [2.45, 2.75) is 26.7 Å². The smallest absolute Gasteiger partial charge is 0.121 e. The summed E-state index contributed by atoms with van der Waals surface area (Å²) in [4.78, 5) is 2.39. The van der Waals surface area contributed by atoms with Crippen LogP contribution in [0.3, 0.4) is 0 Å². The summed E-state index contributed by atoms with van der Waals surface area (Å²) in [5.41, 5.74) is 8.42. The third kappa shape index (κ3) is 2.65. The van der Waals surface area contributed by atoms with E-state index >= 15 is 0 Å². The molecule has 0 aromatic heterocycles. The zero-order valence-electron chi connectivity index (χ0n) is 11.0. The van der Waals surface area contributed by atoms with Gasteiger partial charge in [-0.15, -0.1) is 0 Å². The Morgan fingerprint density at radius 3 is 2.71 bits per heavy atom. The van der Waals surface area contributed by atoms with Crippen LogP contribution in [0.5, 0.6) is 5.75 Å². The van der Waals surface area contributed by atoms with Crippen molar-refractivity contribution in [3.8, 4) is 5.75 Å². The molecule has 17 heavy (non-hydrogen) atoms. The number of nitrogens with two attached hydrogens (primary N) is 1. The van der Waals surface area contributed by atoms with Crippen molar-refractivity contribution < 1.29 is 4.74 Å². The van der Waals surface area contributed by atoms with E-state index < -0.39 is 0 Å². The lowest BCUT2D eigenvalue weighted by Crippen LogP contribution is -2.40. The van der Waals surface area contributed by atoms with Crippen LogP contribution in [-0.2, 0) is 0 Å². The van der Waals surface area contributed by atoms with Crippen LogP contribution in [0.1, 0.15) is 26.7 Å². The number of rotatable bonds is 2. The third-order valence-electron chi connectivity index (χ3n) is 3.48. The summed E-state index contributed by atoms with van der Waals surface area (Å²) in [6.45, 7) is 6.81. The average molecular weight is 234 g/mol. The van der Waals surface area contributed by atoms with Gasteiger partial charge in [0.05, 0.1) is 18.5 Å². The second kappa shape index (κ2) is 4.47. The van der Waals surface area contributed by atoms with Crippen LogP contribution in [0.15, 0.2) is 18.2 Å². The van der Waals surface area contributed by atoms with Crippen LogP contribution < -0.4 is 15.4 Å². The van der Waals surface area contributed by atoms with Gasteiger partial charge in [-0.1, -0.05) is 13.8 Å². The maximum Gasteiger partial charge on any atom is 0.121 e. The van der Waals surface area contributed by atoms with Gasteiger partial charge in [-0.3, -0.25) is 0 Å². The number of methoxy groups -OCH3 is 1. The van der Waals surface area contributed by atoms with E-state index in [1.165, 1.54) is 12.8 Å². The Kier molecular flexibility index (Phi) is 3.18. The average Bonchev–Trinajstić information content (AvgIpc) is 2.27. The largest absolute Gasteiger partial charge is 0.497 e. The maximum absolute atomic E-state index is 6.09. The molecule has 0 aliphatic carbocycles. The van der Waals surface area contributed by atoms with Gasteiger partial charge >= 0.3 is 0 Å². The molecule has 0 spiro atoms. The number of hydrogen-bond donors (Lipinski definition) is 1. The summed E-state index contributed by atoms with van der Waals surface area (Å²) in [6, 6.07) is 5.94. The number of nitrogen functional groups attached to an aromatic ring is 1. The SMILES string of the molecule is COc1ccc(N2CCCC(C)(C)C2)c(N)c1. The molecule has 0 saturated carbocycles. The van der Waals surface area contributed by atoms with Crippen LogP contribution >= 0.6 is 0 Å². The van der Waals surface area contributed by atoms with Gasteiger partial charge in [-0.25, -0.2) is 0 Å². The van der Waals surface area contributed by atoms with Gasteiger partial charge in [0, 0.05) is 19.2 Å². The monoisotopic (exact) mass is 234 g/mol. The summed E-state index contributed by atoms with van der Waals surface area (Å²) < 4.78 is 5.18. The fourth-order valence-corrected chi connectivity index (χ4v) is 2.58. The predicted molar refractivity (Wildman–Crippen MR) is 72.6 cm³/mol. The standard InChI is InChI=1S/C14H22N2O/c1-14(2)7-4-8-16(10-14)13-6-5-11(17-3)9-12(13)15/h5-6,9H,4,7-8,10,15H2,1-3H3. The zero-order valence-corrected chi connectivity index (χ0v) is 11.0. The Morgan fingerprint density at radius 1 is 1.35 bits per heavy atom. The Balaban J connectivity index is 2.22. The molecule has 1 aromatic rings. The summed E-state index contributed by atoms with van der Waals surface area (Å²) >= 11 is 0. The second-order valence-electron chi connectivity index (χ2n) is 5.61. The summed E-state index contributed by atoms with van der Waals surface area (Å²) in [5.74, 6) is 0.822. The topological polar surface area (TPSA) is 38.5 Å². The third-order valence-corrected chi connectivity index (χ3v) is 3.48. The van der Waals surface area contributed by atoms with Crippen LogP contribution in [0.2, 0.25) is 0 Å². The highest BCUT2D eigenvalue weighted by atomic mass is 16.5. The molecule has 0 radical (unpaired) electrons. The Labute approximate surface area is 104 Å². The molecule has 2 rings (SSSR count). The van der Waals surface area contributed by atoms with E-state index in [9.17, 15) is 0 Å². The minimum atomic E-state index is 0.380. The first kappa shape index (κ1) is 12.1. The molecule has 0 unspecified atom stereocenters. The van der Waals surface area contributed by atoms with Crippen LogP contribution in [0.25, 0.3) is 0 Å². The minimum Gasteiger partial charge on any atom is -0.497 e. The van der Waals surface area contributed by atoms with Crippen molar-refractivity contribution in [3.05, 3.63) is 18.2 Å². The van der Waals surface area contributed by atoms with Crippen molar-refractivity contribution in [1.82, 2.24) is 0 Å². The van der Waals surface area contributed by atoms with E-state index in [4.69, 9.17) is 10.5 Å². The molecule has 3 heteroatoms. The highest BCUT2D eigenvalue weighted by Gasteiger charge is 2.27. The molecule has 2 N–H and O–H groups in total. The van der Waals surface area contributed by atoms with Crippen molar-refractivity contribution in [2.75, 3.05) is 30.8 Å². The van der Waals surface area contributed by atoms with Crippen LogP contribution in [-0.4, -0.2) is 20.2 Å². The van der Waals surface area contributed by atoms with Crippen molar-refractivity contribution in [3.63, 3.8) is 0 Å². The van der Waals surface area contributed by atoms with Gasteiger partial charge in [0.2, 0.25) is 0 Å². The number of anilines is 2. The van der Waals surface area contributed by atoms with Gasteiger partial charge < -0.3 is 15.4 Å². The molecule has 1 saturated heterocycles. The highest BCUT2D eigenvalue weighted by Crippen LogP contribution is 2.35. The highest BCUT2D eigenvalue weighted by molar-refractivity contribution is 5.69. The van der Waals surface area contributed by atoms with Gasteiger partial charge in [-0.05, 0) is 30.4 Å². The molecule has 1 aromatic carbocycles. The van der Waals surface area contributed by atoms with Crippen molar-refractivity contribution in [1.29, 1.82) is 0 Å². The first-order valence-electron chi connectivity index (χ1n) is 6.20. The van der Waals surface area contributed by atoms with E-state index in [0.717, 1.165) is 30.2 Å². The molecule has 0 bridgehead atoms. The number of nitrogens with zero attached hydrogens (tertiary/aromatic N) is 1. The molecule has 1 aliphatic rings. The Hall–Kier alpha value is -1.38. The van der Waals surface area contributed by atoms with Crippen molar-refractivity contribution >= 4 is 11.4 Å². The fraction of sp³-hybridized carbons (Fsp3) is 0.571. The van der Waals surface area contributed by atoms with Gasteiger partial charge in [0.15, 0.2) is 0 Å². The lowest BCUT2D eigenvalue weighted by Gasteiger charge is -2.39. The van der Waals surface area contributed by atoms with E-state index in [0.29, 0.717) is 5.41 Å². The number of ether oxygens (including phenoxy) is 1. The second-order valence-corrected chi connectivity index (χ2v) is 5.61. The molecule has 1 fully saturated rings. The molecule has 1 heterocycles. The predicted octanol–water partition coefficient (Wildman–Crippen LogP) is 2.90. The number of piperidine rings is 1. The number of benzene rings is 1. The molecule has 1 aliphatic heterocycles. The number of hydrogen-bond acceptors (Lipinski definition) is 3. The Morgan fingerprint density at radius 2 is 2.12 bits per heavy atom. The lowest BCUT2D eigenvalue weighted by atomic mass is 9.84. The first-order chi connectivity index (χ1) is 8.02. The fourth-order valence-electron chi connectivity index (χ4n) is 2.58. The lowest BCUT2D eigenvalue weighted by molar-refractivity contribution is 0.293. The van der Waals surface area contributed by atoms with Crippen molar-refractivity contribution in [2.24, 2.45) is 5.41 Å². The first-order valence-corrected chi connectivity index (χ1v) is 6.20. The van der Waals surface area contributed by atoms with Crippen LogP contribution in [0.4, 0.5) is 11.4 Å². The molecule has 3 nitrogen and oxygen atoms in total. The van der Waals surface area contributed by atoms with E-state index in [2.05, 4.69) is 24.8 Å². The van der Waals surface area contributed by atoms with Gasteiger partial charge in [-0.2, -0.15) is 0 Å². The normalized spacial score (nSPS) is 19.1.